The first-order valence-electron chi connectivity index (χ1n) is 47.6. The first-order chi connectivity index (χ1) is 68.4. The maximum atomic E-state index is 13.3. The molecule has 48 heteroatoms. The number of ether oxygens (including phenoxy) is 6. The summed E-state index contributed by atoms with van der Waals surface area (Å²) in [4.78, 5) is 105. The Bertz CT molecular complexity index is 5330. The van der Waals surface area contributed by atoms with E-state index in [1.807, 2.05) is 0 Å². The van der Waals surface area contributed by atoms with Crippen LogP contribution in [0.2, 0.25) is 0 Å². The van der Waals surface area contributed by atoms with Gasteiger partial charge in [-0.25, -0.2) is 38.4 Å². The van der Waals surface area contributed by atoms with Gasteiger partial charge in [-0.1, -0.05) is 52.6 Å². The number of allylic oxidation sites excluding steroid dienone is 8. The van der Waals surface area contributed by atoms with E-state index >= 15 is 0 Å². The van der Waals surface area contributed by atoms with Gasteiger partial charge in [0.25, 0.3) is 0 Å². The number of carboxylic acids is 2. The van der Waals surface area contributed by atoms with Gasteiger partial charge in [-0.15, -0.1) is 0 Å². The molecule has 0 amide bonds. The summed E-state index contributed by atoms with van der Waals surface area (Å²) in [5.41, 5.74) is -4.05. The third-order valence-corrected chi connectivity index (χ3v) is 30.4. The van der Waals surface area contributed by atoms with E-state index in [0.717, 1.165) is 59.8 Å². The molecule has 24 nitrogen and oxygen atoms in total. The van der Waals surface area contributed by atoms with Gasteiger partial charge in [-0.2, -0.15) is 105 Å². The number of fused-ring (bicyclic) bond motifs is 16. The van der Waals surface area contributed by atoms with Crippen LogP contribution < -0.4 is 0 Å². The third-order valence-electron chi connectivity index (χ3n) is 30.4. The molecule has 8 aliphatic heterocycles. The fourth-order valence-electron chi connectivity index (χ4n) is 23.1. The number of likely N-dealkylation sites (tertiary alicyclic amines) is 8. The predicted octanol–water partition coefficient (Wildman–Crippen LogP) is 21.0. The largest absolute Gasteiger partial charge is 0.478 e. The molecule has 2 N–H and O–H groups in total. The first kappa shape index (κ1) is 122. The van der Waals surface area contributed by atoms with Crippen LogP contribution in [0.15, 0.2) is 187 Å². The quantitative estimate of drug-likeness (QED) is 0.0891. The lowest BCUT2D eigenvalue weighted by Crippen LogP contribution is -2.35. The van der Waals surface area contributed by atoms with Crippen LogP contribution in [0.3, 0.4) is 0 Å². The van der Waals surface area contributed by atoms with Crippen molar-refractivity contribution in [1.82, 2.24) is 39.2 Å². The van der Waals surface area contributed by atoms with Gasteiger partial charge in [0.2, 0.25) is 0 Å². The molecule has 0 radical (unpaired) electrons. The Morgan fingerprint density at radius 1 is 0.247 bits per heavy atom. The van der Waals surface area contributed by atoms with Gasteiger partial charge in [-0.3, -0.25) is 0 Å². The lowest BCUT2D eigenvalue weighted by molar-refractivity contribution is -0.162. The van der Waals surface area contributed by atoms with Gasteiger partial charge in [-0.05, 0) is 203 Å². The molecule has 8 saturated carbocycles. The predicted molar refractivity (Wildman–Crippen MR) is 496 cm³/mol. The zero-order valence-corrected chi connectivity index (χ0v) is 85.9. The van der Waals surface area contributed by atoms with Gasteiger partial charge < -0.3 is 77.8 Å². The van der Waals surface area contributed by atoms with Gasteiger partial charge in [0.1, 0.15) is 55.8 Å². The van der Waals surface area contributed by atoms with Crippen molar-refractivity contribution in [2.45, 2.75) is 267 Å². The topological polar surface area (TPSA) is 258 Å². The van der Waals surface area contributed by atoms with Crippen LogP contribution in [0.25, 0.3) is 0 Å². The molecule has 16 aliphatic rings. The molecule has 8 aliphatic carbocycles. The second kappa shape index (κ2) is 44.2. The van der Waals surface area contributed by atoms with Crippen LogP contribution >= 0.6 is 0 Å². The highest BCUT2D eigenvalue weighted by atomic mass is 19.4. The van der Waals surface area contributed by atoms with Crippen LogP contribution in [0.5, 0.6) is 0 Å². The lowest BCUT2D eigenvalue weighted by Gasteiger charge is -2.31. The van der Waals surface area contributed by atoms with Gasteiger partial charge >= 0.3 is 97.2 Å². The Kier molecular flexibility index (Phi) is 35.9. The molecular weight excluding hydrogens is 2050 g/mol. The first-order valence-corrected chi connectivity index (χ1v) is 47.6. The summed E-state index contributed by atoms with van der Waals surface area (Å²) in [5, 5.41) is 17.5. The number of piperidine rings is 8. The van der Waals surface area contributed by atoms with Crippen molar-refractivity contribution >= 4 is 47.8 Å². The highest BCUT2D eigenvalue weighted by Crippen LogP contribution is 2.59. The molecule has 8 saturated heterocycles. The minimum atomic E-state index is -4.80. The van der Waals surface area contributed by atoms with Crippen LogP contribution in [0.4, 0.5) is 105 Å². The highest BCUT2D eigenvalue weighted by molar-refractivity contribution is 5.95. The summed E-state index contributed by atoms with van der Waals surface area (Å²) in [6.45, 7) is 42.9. The maximum Gasteiger partial charge on any atom is 0.423 e. The number of aliphatic carboxylic acids is 2. The molecule has 0 spiro atoms. The number of esters is 6. The summed E-state index contributed by atoms with van der Waals surface area (Å²) in [5.74, 6) is -11.5. The Hall–Kier alpha value is -11.7. The van der Waals surface area contributed by atoms with Crippen LogP contribution in [0.1, 0.15) is 158 Å². The smallest absolute Gasteiger partial charge is 0.423 e. The lowest BCUT2D eigenvalue weighted by atomic mass is 9.97. The van der Waals surface area contributed by atoms with Gasteiger partial charge in [0, 0.05) is 149 Å². The summed E-state index contributed by atoms with van der Waals surface area (Å²) in [6, 6.07) is -3.22. The van der Waals surface area contributed by atoms with Crippen molar-refractivity contribution in [3.05, 3.63) is 187 Å². The number of carboxylic acid groups (broad SMARTS) is 2. The fourth-order valence-corrected chi connectivity index (χ4v) is 23.1. The summed E-state index contributed by atoms with van der Waals surface area (Å²) >= 11 is 0. The van der Waals surface area contributed by atoms with Gasteiger partial charge in [0.05, 0.1) is 75.8 Å². The van der Waals surface area contributed by atoms with E-state index in [2.05, 4.69) is 71.6 Å². The number of alkyl halides is 24. The number of hydrogen-bond acceptors (Lipinski definition) is 22. The van der Waals surface area contributed by atoms with E-state index < -0.39 is 177 Å². The number of hydrogen-bond donors (Lipinski definition) is 2. The molecule has 836 valence electrons. The summed E-state index contributed by atoms with van der Waals surface area (Å²) in [6.07, 6.45) is -31.2. The average Bonchev–Trinajstić information content (AvgIpc) is 1.62. The standard InChI is InChI=1S/2C15H20F3NO2.2C13H16F3NO2.2C12H14F3NO2.2C11H12F3NO2/c2*1-8-9-6-10(11(7-9)19(8)5)12(15(16,17)18)13(20)21-14(2,3)4;2*1-4-19-12(18)11(13(14,15)16)9-5-8-6-10(9)17(3)7(8)2;2*1-6-7-4-8(9(5-7)16(6)2)10(11(17)18-3)12(13,14)15;2*1-5-6-3-7(8(4-6)15(5)2)9(10(16)17)11(12,13)14/h2*9,11H,1,6-7H2,2-5H3;2*8,10H,2,4-6H2,1,3H3;2*7,9H,1,4-5H2,2-3H3;2*6,8H,1,3-4H2,2H3,(H,16,17)/b12-10+;12-10-;11-9+;11-9-;10-8+;10-8-;9-7+;9-7-. The van der Waals surface area contributed by atoms with E-state index in [1.54, 1.807) is 137 Å². The highest BCUT2D eigenvalue weighted by Gasteiger charge is 2.60. The number of likely N-dealkylation sites (N-methyl/N-ethyl adjacent to an activating group) is 8. The molecule has 16 atom stereocenters. The SMILES string of the molecule is C=C1C2C/C(=C(/C(=O)O)C(F)(F)F)C(C2)N1C.C=C1C2C/C(=C(/C(=O)OC(C)(C)C)C(F)(F)F)C(C2)N1C.C=C1C2C/C(=C(/C(=O)OC)C(F)(F)F)C(C2)N1C.C=C1C2C/C(=C(/C(=O)OCC)C(F)(F)F)C(C2)N1C.C=C1C2C/C(=C(\C(=O)O)C(F)(F)F)C(C2)N1C.C=C1C2C/C(=C(\C(=O)OC(C)(C)C)C(F)(F)F)C(C2)N1C.C=C1C2C/C(=C(\C(=O)OC)C(F)(F)F)C(C2)N1C.C=C1C2C/C(=C(\C(=O)OCC)C(F)(F)F)C(C2)N1C. The van der Waals surface area contributed by atoms with Crippen molar-refractivity contribution in [2.24, 2.45) is 47.3 Å². The minimum Gasteiger partial charge on any atom is -0.478 e. The Morgan fingerprint density at radius 2 is 0.373 bits per heavy atom. The Morgan fingerprint density at radius 3 is 0.473 bits per heavy atom. The van der Waals surface area contributed by atoms with E-state index in [4.69, 9.17) is 19.7 Å². The van der Waals surface area contributed by atoms with Crippen LogP contribution in [-0.2, 0) is 66.8 Å². The number of carbonyl (C=O) groups is 8. The summed E-state index contributed by atoms with van der Waals surface area (Å²) < 4.78 is 340. The molecule has 16 unspecified atom stereocenters. The molecule has 0 aromatic carbocycles. The second-order valence-corrected chi connectivity index (χ2v) is 41.3. The average molecular weight is 2170 g/mol. The molecule has 0 aromatic heterocycles. The summed E-state index contributed by atoms with van der Waals surface area (Å²) in [7, 11) is 15.5. The van der Waals surface area contributed by atoms with Gasteiger partial charge in [0.15, 0.2) is 0 Å². The Labute approximate surface area is 851 Å². The molecule has 0 aromatic rings. The molecule has 150 heavy (non-hydrogen) atoms. The monoisotopic (exact) mass is 2170 g/mol. The van der Waals surface area contributed by atoms with E-state index in [-0.39, 0.29) is 181 Å². The zero-order valence-electron chi connectivity index (χ0n) is 85.9. The van der Waals surface area contributed by atoms with Crippen LogP contribution in [0, 0.1) is 47.3 Å². The normalized spacial score (nSPS) is 29.4. The second-order valence-electron chi connectivity index (χ2n) is 41.3. The van der Waals surface area contributed by atoms with Crippen LogP contribution in [-0.4, -0.2) is 290 Å². The number of carbonyl (C=O) groups excluding carboxylic acids is 6. The van der Waals surface area contributed by atoms with Crippen molar-refractivity contribution < 1.29 is 182 Å². The fraction of sp³-hybridized carbons (Fsp3) is 0.608. The molecular formula is C102H124F24N8O16. The molecule has 16 bridgehead atoms. The molecule has 16 rings (SSSR count). The van der Waals surface area contributed by atoms with E-state index in [9.17, 15) is 144 Å². The Balaban J connectivity index is 0.000000190. The van der Waals surface area contributed by atoms with Crippen molar-refractivity contribution in [3.63, 3.8) is 0 Å². The van der Waals surface area contributed by atoms with Crippen molar-refractivity contribution in [2.75, 3.05) is 83.8 Å². The zero-order chi connectivity index (χ0) is 114. The van der Waals surface area contributed by atoms with E-state index in [0.29, 0.717) is 51.4 Å². The number of halogens is 24. The van der Waals surface area contributed by atoms with E-state index in [1.165, 1.54) is 13.8 Å². The molecule has 8 heterocycles. The van der Waals surface area contributed by atoms with Crippen molar-refractivity contribution in [3.8, 4) is 0 Å². The molecule has 16 fully saturated rings. The number of methoxy groups -OCH3 is 2. The number of nitrogens with zero attached hydrogens (tertiary/aromatic N) is 8. The number of rotatable bonds is 10. The minimum absolute atomic E-state index is 0.00483. The third kappa shape index (κ3) is 25.6. The van der Waals surface area contributed by atoms with Crippen molar-refractivity contribution in [1.29, 1.82) is 0 Å². The maximum absolute atomic E-state index is 13.3.